The van der Waals surface area contributed by atoms with E-state index in [0.29, 0.717) is 18.9 Å². The number of nitrogens with zero attached hydrogens (tertiary/aromatic N) is 1. The third kappa shape index (κ3) is 4.02. The van der Waals surface area contributed by atoms with Crippen LogP contribution in [0.4, 0.5) is 5.69 Å². The van der Waals surface area contributed by atoms with Crippen LogP contribution in [0.1, 0.15) is 31.7 Å². The van der Waals surface area contributed by atoms with E-state index in [4.69, 9.17) is 5.73 Å². The molecule has 0 fully saturated rings. The molecule has 4 nitrogen and oxygen atoms in total. The van der Waals surface area contributed by atoms with E-state index in [2.05, 4.69) is 17.2 Å². The summed E-state index contributed by atoms with van der Waals surface area (Å²) < 4.78 is 0. The minimum atomic E-state index is 0.0490. The summed E-state index contributed by atoms with van der Waals surface area (Å²) in [6.45, 7) is 4.83. The highest BCUT2D eigenvalue weighted by Gasteiger charge is 2.09. The van der Waals surface area contributed by atoms with Gasteiger partial charge in [-0.15, -0.1) is 0 Å². The molecule has 3 N–H and O–H groups in total. The predicted molar refractivity (Wildman–Crippen MR) is 87.2 cm³/mol. The molecule has 0 aliphatic rings. The van der Waals surface area contributed by atoms with Crippen LogP contribution in [0.15, 0.2) is 30.5 Å². The molecule has 1 heterocycles. The van der Waals surface area contributed by atoms with Gasteiger partial charge < -0.3 is 11.1 Å². The Bertz CT molecular complexity index is 624. The number of rotatable bonds is 6. The smallest absolute Gasteiger partial charge is 0.224 e. The lowest BCUT2D eigenvalue weighted by Crippen LogP contribution is -2.14. The van der Waals surface area contributed by atoms with E-state index < -0.39 is 0 Å². The van der Waals surface area contributed by atoms with Gasteiger partial charge in [0.25, 0.3) is 0 Å². The number of nitrogens with two attached hydrogens (primary N) is 1. The first-order valence-electron chi connectivity index (χ1n) is 7.46. The Labute approximate surface area is 125 Å². The molecule has 112 valence electrons. The Morgan fingerprint density at radius 2 is 2.14 bits per heavy atom. The number of carbonyl (C=O) groups excluding carboxylic acids is 1. The van der Waals surface area contributed by atoms with Crippen LogP contribution in [-0.2, 0) is 4.79 Å². The van der Waals surface area contributed by atoms with Crippen molar-refractivity contribution in [3.63, 3.8) is 0 Å². The molecule has 0 bridgehead atoms. The summed E-state index contributed by atoms with van der Waals surface area (Å²) in [7, 11) is 0. The second-order valence-corrected chi connectivity index (χ2v) is 5.60. The van der Waals surface area contributed by atoms with Crippen LogP contribution >= 0.6 is 0 Å². The van der Waals surface area contributed by atoms with Crippen molar-refractivity contribution < 1.29 is 4.79 Å². The van der Waals surface area contributed by atoms with Crippen LogP contribution in [0.3, 0.4) is 0 Å². The molecule has 4 heteroatoms. The normalized spacial score (nSPS) is 12.3. The second-order valence-electron chi connectivity index (χ2n) is 5.60. The largest absolute Gasteiger partial charge is 0.330 e. The zero-order valence-corrected chi connectivity index (χ0v) is 12.7. The van der Waals surface area contributed by atoms with Crippen molar-refractivity contribution in [2.24, 2.45) is 11.7 Å². The first-order chi connectivity index (χ1) is 10.1. The maximum absolute atomic E-state index is 12.1. The Hall–Kier alpha value is -1.94. The summed E-state index contributed by atoms with van der Waals surface area (Å²) >= 11 is 0. The lowest BCUT2D eigenvalue weighted by molar-refractivity contribution is -0.116. The number of amides is 1. The van der Waals surface area contributed by atoms with Gasteiger partial charge in [0.05, 0.1) is 11.2 Å². The Balaban J connectivity index is 2.06. The molecule has 0 spiro atoms. The number of hydrogen-bond acceptors (Lipinski definition) is 3. The average Bonchev–Trinajstić information content (AvgIpc) is 2.49. The first kappa shape index (κ1) is 15.4. The van der Waals surface area contributed by atoms with Crippen molar-refractivity contribution >= 4 is 22.5 Å². The number of benzene rings is 1. The molecule has 0 aliphatic heterocycles. The third-order valence-corrected chi connectivity index (χ3v) is 3.77. The SMILES string of the molecule is Cc1ccc(NC(=O)CCC(C)CCN)c2cccnc12. The molecule has 1 amide bonds. The van der Waals surface area contributed by atoms with E-state index in [1.165, 1.54) is 0 Å². The van der Waals surface area contributed by atoms with Gasteiger partial charge in [0.2, 0.25) is 5.91 Å². The molecule has 1 atom stereocenters. The lowest BCUT2D eigenvalue weighted by Gasteiger charge is -2.12. The fourth-order valence-electron chi connectivity index (χ4n) is 2.44. The molecule has 2 rings (SSSR count). The van der Waals surface area contributed by atoms with Gasteiger partial charge in [0, 0.05) is 18.0 Å². The number of carbonyl (C=O) groups is 1. The molecule has 0 radical (unpaired) electrons. The predicted octanol–water partition coefficient (Wildman–Crippen LogP) is 3.25. The topological polar surface area (TPSA) is 68.0 Å². The van der Waals surface area contributed by atoms with Gasteiger partial charge in [0.1, 0.15) is 0 Å². The number of aryl methyl sites for hydroxylation is 1. The van der Waals surface area contributed by atoms with E-state index in [0.717, 1.165) is 35.0 Å². The molecule has 2 aromatic rings. The van der Waals surface area contributed by atoms with Crippen molar-refractivity contribution in [3.8, 4) is 0 Å². The summed E-state index contributed by atoms with van der Waals surface area (Å²) in [5.41, 5.74) is 8.41. The number of aromatic nitrogens is 1. The summed E-state index contributed by atoms with van der Waals surface area (Å²) in [6, 6.07) is 7.81. The number of anilines is 1. The number of hydrogen-bond donors (Lipinski definition) is 2. The van der Waals surface area contributed by atoms with Gasteiger partial charge in [-0.1, -0.05) is 13.0 Å². The van der Waals surface area contributed by atoms with Crippen molar-refractivity contribution in [1.82, 2.24) is 4.98 Å². The second kappa shape index (κ2) is 7.18. The number of pyridine rings is 1. The van der Waals surface area contributed by atoms with E-state index in [9.17, 15) is 4.79 Å². The molecule has 1 aromatic carbocycles. The third-order valence-electron chi connectivity index (χ3n) is 3.77. The van der Waals surface area contributed by atoms with Crippen LogP contribution < -0.4 is 11.1 Å². The van der Waals surface area contributed by atoms with Gasteiger partial charge in [-0.25, -0.2) is 0 Å². The van der Waals surface area contributed by atoms with Gasteiger partial charge in [-0.05, 0) is 56.0 Å². The van der Waals surface area contributed by atoms with Crippen molar-refractivity contribution in [1.29, 1.82) is 0 Å². The highest BCUT2D eigenvalue weighted by molar-refractivity contribution is 6.01. The monoisotopic (exact) mass is 285 g/mol. The molecule has 1 unspecified atom stereocenters. The number of fused-ring (bicyclic) bond motifs is 1. The zero-order valence-electron chi connectivity index (χ0n) is 12.7. The Kier molecular flexibility index (Phi) is 5.28. The van der Waals surface area contributed by atoms with Gasteiger partial charge in [-0.2, -0.15) is 0 Å². The van der Waals surface area contributed by atoms with E-state index >= 15 is 0 Å². The molecule has 1 aromatic heterocycles. The van der Waals surface area contributed by atoms with Gasteiger partial charge in [0.15, 0.2) is 0 Å². The molecule has 0 saturated heterocycles. The first-order valence-corrected chi connectivity index (χ1v) is 7.46. The van der Waals surface area contributed by atoms with Crippen LogP contribution in [0.2, 0.25) is 0 Å². The average molecular weight is 285 g/mol. The Morgan fingerprint density at radius 3 is 2.90 bits per heavy atom. The summed E-state index contributed by atoms with van der Waals surface area (Å²) in [4.78, 5) is 16.5. The maximum atomic E-state index is 12.1. The summed E-state index contributed by atoms with van der Waals surface area (Å²) in [5.74, 6) is 0.532. The van der Waals surface area contributed by atoms with Gasteiger partial charge >= 0.3 is 0 Å². The number of nitrogens with one attached hydrogen (secondary N) is 1. The highest BCUT2D eigenvalue weighted by atomic mass is 16.1. The zero-order chi connectivity index (χ0) is 15.2. The fraction of sp³-hybridized carbons (Fsp3) is 0.412. The Morgan fingerprint density at radius 1 is 1.33 bits per heavy atom. The lowest BCUT2D eigenvalue weighted by atomic mass is 10.0. The maximum Gasteiger partial charge on any atom is 0.224 e. The molecule has 21 heavy (non-hydrogen) atoms. The van der Waals surface area contributed by atoms with E-state index in [1.807, 2.05) is 31.2 Å². The molecule has 0 saturated carbocycles. The molecular formula is C17H23N3O. The van der Waals surface area contributed by atoms with Gasteiger partial charge in [-0.3, -0.25) is 9.78 Å². The highest BCUT2D eigenvalue weighted by Crippen LogP contribution is 2.24. The van der Waals surface area contributed by atoms with Crippen molar-refractivity contribution in [2.45, 2.75) is 33.1 Å². The van der Waals surface area contributed by atoms with Crippen LogP contribution in [-0.4, -0.2) is 17.4 Å². The fourth-order valence-corrected chi connectivity index (χ4v) is 2.44. The summed E-state index contributed by atoms with van der Waals surface area (Å²) in [6.07, 6.45) is 4.13. The minimum absolute atomic E-state index is 0.0490. The minimum Gasteiger partial charge on any atom is -0.330 e. The van der Waals surface area contributed by atoms with Crippen LogP contribution in [0.5, 0.6) is 0 Å². The standard InChI is InChI=1S/C17H23N3O/c1-12(9-10-18)5-8-16(21)20-15-7-6-13(2)17-14(15)4-3-11-19-17/h3-4,6-7,11-12H,5,8-10,18H2,1-2H3,(H,20,21). The molecule has 0 aliphatic carbocycles. The van der Waals surface area contributed by atoms with Crippen LogP contribution in [0.25, 0.3) is 10.9 Å². The van der Waals surface area contributed by atoms with Crippen molar-refractivity contribution in [3.05, 3.63) is 36.0 Å². The molecular weight excluding hydrogens is 262 g/mol. The van der Waals surface area contributed by atoms with E-state index in [1.54, 1.807) is 6.20 Å². The van der Waals surface area contributed by atoms with E-state index in [-0.39, 0.29) is 5.91 Å². The van der Waals surface area contributed by atoms with Crippen LogP contribution in [0, 0.1) is 12.8 Å². The quantitative estimate of drug-likeness (QED) is 0.856. The summed E-state index contributed by atoms with van der Waals surface area (Å²) in [5, 5.41) is 3.99. The van der Waals surface area contributed by atoms with Crippen molar-refractivity contribution in [2.75, 3.05) is 11.9 Å².